The van der Waals surface area contributed by atoms with Crippen LogP contribution in [0.2, 0.25) is 0 Å². The third-order valence-electron chi connectivity index (χ3n) is 3.25. The number of aromatic nitrogens is 2. The van der Waals surface area contributed by atoms with Crippen molar-refractivity contribution in [3.63, 3.8) is 0 Å². The summed E-state index contributed by atoms with van der Waals surface area (Å²) in [6, 6.07) is 4.68. The standard InChI is InChI=1S/C15H23N3OS/c1-11-10-18(13(3)14-7-6-12(2)20-14)15(17-11)16-8-5-9-19-4/h6-7,10,13H,5,8-9H2,1-4H3,(H,16,17). The van der Waals surface area contributed by atoms with Crippen molar-refractivity contribution in [3.05, 3.63) is 33.8 Å². The minimum absolute atomic E-state index is 0.305. The topological polar surface area (TPSA) is 39.1 Å². The first kappa shape index (κ1) is 15.1. The average molecular weight is 293 g/mol. The molecule has 4 nitrogen and oxygen atoms in total. The number of nitrogens with one attached hydrogen (secondary N) is 1. The molecule has 2 aromatic heterocycles. The summed E-state index contributed by atoms with van der Waals surface area (Å²) >= 11 is 1.84. The lowest BCUT2D eigenvalue weighted by Crippen LogP contribution is -2.12. The van der Waals surface area contributed by atoms with E-state index >= 15 is 0 Å². The molecule has 0 spiro atoms. The number of aryl methyl sites for hydroxylation is 2. The fourth-order valence-electron chi connectivity index (χ4n) is 2.17. The smallest absolute Gasteiger partial charge is 0.203 e. The third-order valence-corrected chi connectivity index (χ3v) is 4.42. The largest absolute Gasteiger partial charge is 0.385 e. The highest BCUT2D eigenvalue weighted by molar-refractivity contribution is 7.12. The Morgan fingerprint density at radius 2 is 2.20 bits per heavy atom. The maximum Gasteiger partial charge on any atom is 0.203 e. The van der Waals surface area contributed by atoms with Crippen molar-refractivity contribution >= 4 is 17.3 Å². The van der Waals surface area contributed by atoms with Gasteiger partial charge in [0, 0.05) is 36.2 Å². The van der Waals surface area contributed by atoms with Crippen LogP contribution in [0.15, 0.2) is 18.3 Å². The van der Waals surface area contributed by atoms with Crippen LogP contribution in [0.4, 0.5) is 5.95 Å². The molecule has 1 atom stereocenters. The molecule has 0 amide bonds. The molecule has 0 radical (unpaired) electrons. The van der Waals surface area contributed by atoms with E-state index in [1.165, 1.54) is 9.75 Å². The maximum atomic E-state index is 5.07. The summed E-state index contributed by atoms with van der Waals surface area (Å²) in [6.07, 6.45) is 3.09. The van der Waals surface area contributed by atoms with E-state index in [9.17, 15) is 0 Å². The van der Waals surface area contributed by atoms with Crippen molar-refractivity contribution < 1.29 is 4.74 Å². The SMILES string of the molecule is COCCCNc1nc(C)cn1C(C)c1ccc(C)s1. The first-order valence-electron chi connectivity index (χ1n) is 6.96. The minimum atomic E-state index is 0.305. The van der Waals surface area contributed by atoms with Crippen LogP contribution in [0.5, 0.6) is 0 Å². The van der Waals surface area contributed by atoms with Crippen molar-refractivity contribution in [1.29, 1.82) is 0 Å². The summed E-state index contributed by atoms with van der Waals surface area (Å²) in [4.78, 5) is 7.28. The highest BCUT2D eigenvalue weighted by Crippen LogP contribution is 2.28. The summed E-state index contributed by atoms with van der Waals surface area (Å²) in [7, 11) is 1.73. The van der Waals surface area contributed by atoms with Gasteiger partial charge in [-0.3, -0.25) is 0 Å². The van der Waals surface area contributed by atoms with Gasteiger partial charge in [0.1, 0.15) is 0 Å². The second-order valence-electron chi connectivity index (χ2n) is 5.01. The quantitative estimate of drug-likeness (QED) is 0.793. The van der Waals surface area contributed by atoms with Gasteiger partial charge in [-0.2, -0.15) is 0 Å². The fraction of sp³-hybridized carbons (Fsp3) is 0.533. The summed E-state index contributed by atoms with van der Waals surface area (Å²) in [5.41, 5.74) is 1.04. The third kappa shape index (κ3) is 3.61. The molecular formula is C15H23N3OS. The lowest BCUT2D eigenvalue weighted by Gasteiger charge is -2.15. The first-order chi connectivity index (χ1) is 9.61. The zero-order chi connectivity index (χ0) is 14.5. The van der Waals surface area contributed by atoms with Gasteiger partial charge < -0.3 is 14.6 Å². The van der Waals surface area contributed by atoms with Crippen molar-refractivity contribution in [1.82, 2.24) is 9.55 Å². The summed E-state index contributed by atoms with van der Waals surface area (Å²) in [5, 5.41) is 3.40. The zero-order valence-electron chi connectivity index (χ0n) is 12.6. The van der Waals surface area contributed by atoms with Crippen molar-refractivity contribution in [3.8, 4) is 0 Å². The Balaban J connectivity index is 2.10. The molecule has 0 aliphatic carbocycles. The van der Waals surface area contributed by atoms with Crippen molar-refractivity contribution in [2.75, 3.05) is 25.6 Å². The second kappa shape index (κ2) is 6.90. The average Bonchev–Trinajstić information content (AvgIpc) is 3.00. The first-order valence-corrected chi connectivity index (χ1v) is 7.78. The molecule has 5 heteroatoms. The van der Waals surface area contributed by atoms with E-state index < -0.39 is 0 Å². The molecule has 0 fully saturated rings. The Morgan fingerprint density at radius 3 is 2.85 bits per heavy atom. The Labute approximate surface area is 124 Å². The van der Waals surface area contributed by atoms with Gasteiger partial charge in [0.2, 0.25) is 5.95 Å². The Hall–Kier alpha value is -1.33. The number of anilines is 1. The fourth-order valence-corrected chi connectivity index (χ4v) is 3.10. The molecule has 110 valence electrons. The monoisotopic (exact) mass is 293 g/mol. The summed E-state index contributed by atoms with van der Waals surface area (Å²) in [5.74, 6) is 0.942. The number of imidazole rings is 1. The van der Waals surface area contributed by atoms with Crippen molar-refractivity contribution in [2.45, 2.75) is 33.2 Å². The predicted octanol–water partition coefficient (Wildman–Crippen LogP) is 3.62. The number of hydrogen-bond acceptors (Lipinski definition) is 4. The van der Waals surface area contributed by atoms with Gasteiger partial charge in [-0.15, -0.1) is 11.3 Å². The predicted molar refractivity (Wildman–Crippen MR) is 84.8 cm³/mol. The second-order valence-corrected chi connectivity index (χ2v) is 6.33. The van der Waals surface area contributed by atoms with Crippen LogP contribution in [0.1, 0.15) is 34.8 Å². The van der Waals surface area contributed by atoms with Gasteiger partial charge in [-0.25, -0.2) is 4.98 Å². The lowest BCUT2D eigenvalue weighted by molar-refractivity contribution is 0.197. The van der Waals surface area contributed by atoms with Gasteiger partial charge >= 0.3 is 0 Å². The highest BCUT2D eigenvalue weighted by Gasteiger charge is 2.14. The Morgan fingerprint density at radius 1 is 1.40 bits per heavy atom. The van der Waals surface area contributed by atoms with Gasteiger partial charge in [0.25, 0.3) is 0 Å². The molecule has 0 bridgehead atoms. The van der Waals surface area contributed by atoms with Gasteiger partial charge in [-0.1, -0.05) is 0 Å². The molecular weight excluding hydrogens is 270 g/mol. The molecule has 0 saturated carbocycles. The van der Waals surface area contributed by atoms with Gasteiger partial charge in [0.15, 0.2) is 0 Å². The van der Waals surface area contributed by atoms with E-state index in [-0.39, 0.29) is 0 Å². The van der Waals surface area contributed by atoms with E-state index in [0.29, 0.717) is 6.04 Å². The van der Waals surface area contributed by atoms with Crippen LogP contribution in [0.25, 0.3) is 0 Å². The number of methoxy groups -OCH3 is 1. The van der Waals surface area contributed by atoms with Crippen LogP contribution >= 0.6 is 11.3 Å². The molecule has 0 saturated heterocycles. The van der Waals surface area contributed by atoms with Gasteiger partial charge in [-0.05, 0) is 39.3 Å². The maximum absolute atomic E-state index is 5.07. The molecule has 0 aromatic carbocycles. The summed E-state index contributed by atoms with van der Waals surface area (Å²) < 4.78 is 7.28. The zero-order valence-corrected chi connectivity index (χ0v) is 13.5. The van der Waals surface area contributed by atoms with Gasteiger partial charge in [0.05, 0.1) is 11.7 Å². The van der Waals surface area contributed by atoms with Crippen molar-refractivity contribution in [2.24, 2.45) is 0 Å². The molecule has 1 unspecified atom stereocenters. The molecule has 2 aromatic rings. The Kier molecular flexibility index (Phi) is 5.20. The van der Waals surface area contributed by atoms with Crippen LogP contribution in [-0.2, 0) is 4.74 Å². The number of thiophene rings is 1. The minimum Gasteiger partial charge on any atom is -0.385 e. The van der Waals surface area contributed by atoms with E-state index in [0.717, 1.165) is 31.2 Å². The number of ether oxygens (including phenoxy) is 1. The number of nitrogens with zero attached hydrogens (tertiary/aromatic N) is 2. The van der Waals surface area contributed by atoms with E-state index in [4.69, 9.17) is 4.74 Å². The normalized spacial score (nSPS) is 12.6. The van der Waals surface area contributed by atoms with E-state index in [2.05, 4.69) is 47.0 Å². The lowest BCUT2D eigenvalue weighted by atomic mass is 10.2. The molecule has 20 heavy (non-hydrogen) atoms. The Bertz CT molecular complexity index is 547. The number of rotatable bonds is 7. The molecule has 2 heterocycles. The molecule has 2 rings (SSSR count). The van der Waals surface area contributed by atoms with Crippen LogP contribution < -0.4 is 5.32 Å². The van der Waals surface area contributed by atoms with E-state index in [1.54, 1.807) is 7.11 Å². The molecule has 0 aliphatic rings. The van der Waals surface area contributed by atoms with Crippen LogP contribution in [0.3, 0.4) is 0 Å². The summed E-state index contributed by atoms with van der Waals surface area (Å²) in [6.45, 7) is 8.03. The van der Waals surface area contributed by atoms with Crippen LogP contribution in [0, 0.1) is 13.8 Å². The van der Waals surface area contributed by atoms with Crippen LogP contribution in [-0.4, -0.2) is 29.8 Å². The van der Waals surface area contributed by atoms with E-state index in [1.807, 2.05) is 18.3 Å². The highest BCUT2D eigenvalue weighted by atomic mass is 32.1. The molecule has 1 N–H and O–H groups in total. The molecule has 0 aliphatic heterocycles. The number of hydrogen-bond donors (Lipinski definition) is 1.